The Kier molecular flexibility index (Phi) is 4.16. The second-order valence-electron chi connectivity index (χ2n) is 4.32. The third kappa shape index (κ3) is 3.12. The zero-order valence-electron chi connectivity index (χ0n) is 10.0. The van der Waals surface area contributed by atoms with Gasteiger partial charge in [-0.3, -0.25) is 9.59 Å². The fraction of sp³-hybridized carbons (Fsp3) is 0.308. The van der Waals surface area contributed by atoms with Gasteiger partial charge in [-0.05, 0) is 25.0 Å². The number of hydrogen-bond donors (Lipinski definition) is 2. The summed E-state index contributed by atoms with van der Waals surface area (Å²) in [5.74, 6) is -2.37. The number of carbonyl (C=O) groups is 2. The predicted molar refractivity (Wildman–Crippen MR) is 70.9 cm³/mol. The van der Waals surface area contributed by atoms with E-state index < -0.39 is 17.8 Å². The molecule has 2 N–H and O–H groups in total. The summed E-state index contributed by atoms with van der Waals surface area (Å²) in [7, 11) is 0. The number of nitrogens with one attached hydrogen (secondary N) is 1. The maximum Gasteiger partial charge on any atom is 0.307 e. The second-order valence-corrected chi connectivity index (χ2v) is 4.72. The van der Waals surface area contributed by atoms with Crippen LogP contribution in [0, 0.1) is 11.8 Å². The highest BCUT2D eigenvalue weighted by molar-refractivity contribution is 6.33. The Bertz CT molecular complexity index is 530. The smallest absolute Gasteiger partial charge is 0.307 e. The molecule has 1 aromatic heterocycles. The van der Waals surface area contributed by atoms with Crippen molar-refractivity contribution in [2.75, 3.05) is 5.32 Å². The summed E-state index contributed by atoms with van der Waals surface area (Å²) in [6.07, 6.45) is 5.90. The third-order valence-corrected chi connectivity index (χ3v) is 3.39. The number of aliphatic carboxylic acids is 1. The van der Waals surface area contributed by atoms with Gasteiger partial charge in [0.05, 0.1) is 16.9 Å². The van der Waals surface area contributed by atoms with Crippen molar-refractivity contribution in [1.29, 1.82) is 0 Å². The first-order valence-corrected chi connectivity index (χ1v) is 6.26. The van der Waals surface area contributed by atoms with Gasteiger partial charge in [0.1, 0.15) is 0 Å². The van der Waals surface area contributed by atoms with Crippen LogP contribution in [0.25, 0.3) is 0 Å². The van der Waals surface area contributed by atoms with Crippen LogP contribution in [-0.4, -0.2) is 22.0 Å². The van der Waals surface area contributed by atoms with Crippen LogP contribution in [0.15, 0.2) is 30.5 Å². The number of nitrogens with zero attached hydrogens (tertiary/aromatic N) is 1. The Morgan fingerprint density at radius 1 is 1.32 bits per heavy atom. The minimum atomic E-state index is -0.961. The number of hydrogen-bond acceptors (Lipinski definition) is 3. The molecule has 2 rings (SSSR count). The number of halogens is 1. The highest BCUT2D eigenvalue weighted by Gasteiger charge is 2.34. The van der Waals surface area contributed by atoms with Crippen molar-refractivity contribution >= 4 is 29.3 Å². The van der Waals surface area contributed by atoms with Gasteiger partial charge in [-0.25, -0.2) is 4.98 Å². The molecule has 0 fully saturated rings. The summed E-state index contributed by atoms with van der Waals surface area (Å²) in [6.45, 7) is 0. The number of carboxylic acids is 1. The maximum atomic E-state index is 12.1. The molecule has 19 heavy (non-hydrogen) atoms. The van der Waals surface area contributed by atoms with Gasteiger partial charge in [-0.2, -0.15) is 0 Å². The van der Waals surface area contributed by atoms with E-state index in [4.69, 9.17) is 16.7 Å². The third-order valence-electron chi connectivity index (χ3n) is 3.09. The summed E-state index contributed by atoms with van der Waals surface area (Å²) in [5.41, 5.74) is 0. The van der Waals surface area contributed by atoms with Gasteiger partial charge >= 0.3 is 5.97 Å². The van der Waals surface area contributed by atoms with Gasteiger partial charge in [0.2, 0.25) is 5.91 Å². The molecule has 1 aromatic rings. The Labute approximate surface area is 115 Å². The van der Waals surface area contributed by atoms with Crippen LogP contribution in [0.2, 0.25) is 5.02 Å². The van der Waals surface area contributed by atoms with Gasteiger partial charge in [0, 0.05) is 6.20 Å². The standard InChI is InChI=1S/C13H13ClN2O3/c14-10-6-3-7-15-11(10)16-12(17)8-4-1-2-5-9(8)13(18)19/h1-3,6-9H,4-5H2,(H,18,19)(H,15,16,17)/t8-,9+/m0/s1. The molecule has 2 atom stereocenters. The molecule has 5 nitrogen and oxygen atoms in total. The number of anilines is 1. The molecule has 1 aliphatic rings. The highest BCUT2D eigenvalue weighted by Crippen LogP contribution is 2.28. The predicted octanol–water partition coefficient (Wildman–Crippen LogP) is 2.34. The summed E-state index contributed by atoms with van der Waals surface area (Å²) < 4.78 is 0. The van der Waals surface area contributed by atoms with E-state index in [1.807, 2.05) is 6.08 Å². The number of pyridine rings is 1. The molecule has 0 bridgehead atoms. The monoisotopic (exact) mass is 280 g/mol. The van der Waals surface area contributed by atoms with E-state index in [9.17, 15) is 9.59 Å². The zero-order valence-corrected chi connectivity index (χ0v) is 10.8. The van der Waals surface area contributed by atoms with Gasteiger partial charge < -0.3 is 10.4 Å². The molecule has 0 radical (unpaired) electrons. The van der Waals surface area contributed by atoms with Crippen molar-refractivity contribution in [2.45, 2.75) is 12.8 Å². The normalized spacial score (nSPS) is 21.9. The zero-order chi connectivity index (χ0) is 13.8. The van der Waals surface area contributed by atoms with Crippen molar-refractivity contribution in [3.63, 3.8) is 0 Å². The van der Waals surface area contributed by atoms with Crippen molar-refractivity contribution < 1.29 is 14.7 Å². The number of allylic oxidation sites excluding steroid dienone is 2. The number of carboxylic acid groups (broad SMARTS) is 1. The topological polar surface area (TPSA) is 79.3 Å². The van der Waals surface area contributed by atoms with Crippen molar-refractivity contribution in [3.05, 3.63) is 35.5 Å². The van der Waals surface area contributed by atoms with E-state index in [0.717, 1.165) is 0 Å². The van der Waals surface area contributed by atoms with Crippen LogP contribution in [0.4, 0.5) is 5.82 Å². The molecule has 0 unspecified atom stereocenters. The van der Waals surface area contributed by atoms with Crippen LogP contribution in [0.5, 0.6) is 0 Å². The molecule has 0 saturated carbocycles. The number of amides is 1. The molecular weight excluding hydrogens is 268 g/mol. The second kappa shape index (κ2) is 5.84. The van der Waals surface area contributed by atoms with E-state index in [1.54, 1.807) is 18.2 Å². The van der Waals surface area contributed by atoms with Crippen molar-refractivity contribution in [2.24, 2.45) is 11.8 Å². The van der Waals surface area contributed by atoms with E-state index in [1.165, 1.54) is 6.20 Å². The largest absolute Gasteiger partial charge is 0.481 e. The molecule has 1 amide bonds. The lowest BCUT2D eigenvalue weighted by atomic mass is 9.82. The Hall–Kier alpha value is -1.88. The molecule has 0 aromatic carbocycles. The van der Waals surface area contributed by atoms with Crippen LogP contribution >= 0.6 is 11.6 Å². The number of rotatable bonds is 3. The maximum absolute atomic E-state index is 12.1. The van der Waals surface area contributed by atoms with Crippen molar-refractivity contribution in [3.8, 4) is 0 Å². The summed E-state index contributed by atoms with van der Waals surface area (Å²) in [6, 6.07) is 3.26. The fourth-order valence-corrected chi connectivity index (χ4v) is 2.23. The van der Waals surface area contributed by atoms with Crippen LogP contribution in [0.3, 0.4) is 0 Å². The van der Waals surface area contributed by atoms with Crippen molar-refractivity contribution in [1.82, 2.24) is 4.98 Å². The van der Waals surface area contributed by atoms with Gasteiger partial charge in [0.15, 0.2) is 5.82 Å². The van der Waals surface area contributed by atoms with E-state index in [0.29, 0.717) is 17.9 Å². The Balaban J connectivity index is 2.13. The van der Waals surface area contributed by atoms with Crippen LogP contribution in [0.1, 0.15) is 12.8 Å². The minimum absolute atomic E-state index is 0.257. The van der Waals surface area contributed by atoms with Gasteiger partial charge in [-0.1, -0.05) is 23.8 Å². The fourth-order valence-electron chi connectivity index (χ4n) is 2.06. The molecule has 0 aliphatic heterocycles. The number of carbonyl (C=O) groups excluding carboxylic acids is 1. The Morgan fingerprint density at radius 2 is 2.00 bits per heavy atom. The van der Waals surface area contributed by atoms with E-state index >= 15 is 0 Å². The minimum Gasteiger partial charge on any atom is -0.481 e. The Morgan fingerprint density at radius 3 is 2.63 bits per heavy atom. The molecule has 0 spiro atoms. The number of aromatic nitrogens is 1. The molecule has 0 saturated heterocycles. The van der Waals surface area contributed by atoms with Gasteiger partial charge in [0.25, 0.3) is 0 Å². The summed E-state index contributed by atoms with van der Waals surface area (Å²) in [4.78, 5) is 27.2. The lowest BCUT2D eigenvalue weighted by molar-refractivity contribution is -0.146. The molecular formula is C13H13ClN2O3. The summed E-state index contributed by atoms with van der Waals surface area (Å²) in [5, 5.41) is 12.0. The molecule has 1 heterocycles. The first-order valence-electron chi connectivity index (χ1n) is 5.88. The van der Waals surface area contributed by atoms with Crippen LogP contribution < -0.4 is 5.32 Å². The lowest BCUT2D eigenvalue weighted by Gasteiger charge is -2.24. The first kappa shape index (κ1) is 13.5. The quantitative estimate of drug-likeness (QED) is 0.833. The molecule has 1 aliphatic carbocycles. The molecule has 100 valence electrons. The average Bonchev–Trinajstić information content (AvgIpc) is 2.41. The highest BCUT2D eigenvalue weighted by atomic mass is 35.5. The average molecular weight is 281 g/mol. The lowest BCUT2D eigenvalue weighted by Crippen LogP contribution is -2.35. The summed E-state index contributed by atoms with van der Waals surface area (Å²) >= 11 is 5.90. The molecule has 6 heteroatoms. The van der Waals surface area contributed by atoms with E-state index in [-0.39, 0.29) is 11.7 Å². The first-order chi connectivity index (χ1) is 9.09. The van der Waals surface area contributed by atoms with Crippen LogP contribution in [-0.2, 0) is 9.59 Å². The van der Waals surface area contributed by atoms with Gasteiger partial charge in [-0.15, -0.1) is 0 Å². The van der Waals surface area contributed by atoms with E-state index in [2.05, 4.69) is 10.3 Å². The SMILES string of the molecule is O=C(Nc1ncccc1Cl)[C@H]1CC=CC[C@H]1C(=O)O.